The van der Waals surface area contributed by atoms with E-state index in [0.29, 0.717) is 5.92 Å². The van der Waals surface area contributed by atoms with E-state index in [-0.39, 0.29) is 18.2 Å². The van der Waals surface area contributed by atoms with Crippen molar-refractivity contribution in [3.05, 3.63) is 35.4 Å². The molecular weight excluding hydrogens is 307 g/mol. The van der Waals surface area contributed by atoms with Gasteiger partial charge in [-0.25, -0.2) is 0 Å². The molecule has 2 unspecified atom stereocenters. The van der Waals surface area contributed by atoms with Crippen molar-refractivity contribution in [2.45, 2.75) is 44.5 Å². The van der Waals surface area contributed by atoms with E-state index in [9.17, 15) is 18.3 Å². The smallest absolute Gasteiger partial charge is 0.387 e. The lowest BCUT2D eigenvalue weighted by Gasteiger charge is -2.26. The first-order chi connectivity index (χ1) is 10.9. The summed E-state index contributed by atoms with van der Waals surface area (Å²) in [6.45, 7) is 3.87. The van der Waals surface area contributed by atoms with E-state index in [1.54, 1.807) is 0 Å². The average Bonchev–Trinajstić information content (AvgIpc) is 2.53. The SMILES string of the molecule is CC(CC1CCOCC1)NCC(O)c1cccc(C(F)(F)F)c1. The van der Waals surface area contributed by atoms with Gasteiger partial charge in [0.2, 0.25) is 0 Å². The van der Waals surface area contributed by atoms with Gasteiger partial charge in [0.15, 0.2) is 0 Å². The fourth-order valence-electron chi connectivity index (χ4n) is 2.92. The van der Waals surface area contributed by atoms with Crippen LogP contribution in [-0.2, 0) is 10.9 Å². The van der Waals surface area contributed by atoms with Gasteiger partial charge in [-0.15, -0.1) is 0 Å². The summed E-state index contributed by atoms with van der Waals surface area (Å²) in [7, 11) is 0. The normalized spacial score (nSPS) is 19.5. The molecule has 1 heterocycles. The lowest BCUT2D eigenvalue weighted by molar-refractivity contribution is -0.137. The minimum Gasteiger partial charge on any atom is -0.387 e. The Morgan fingerprint density at radius 2 is 2.00 bits per heavy atom. The molecule has 0 bridgehead atoms. The highest BCUT2D eigenvalue weighted by molar-refractivity contribution is 5.27. The summed E-state index contributed by atoms with van der Waals surface area (Å²) in [5.41, 5.74) is -0.449. The molecule has 0 amide bonds. The van der Waals surface area contributed by atoms with Crippen LogP contribution in [0.25, 0.3) is 0 Å². The number of hydrogen-bond acceptors (Lipinski definition) is 3. The zero-order valence-corrected chi connectivity index (χ0v) is 13.3. The molecule has 130 valence electrons. The van der Waals surface area contributed by atoms with Gasteiger partial charge in [-0.1, -0.05) is 12.1 Å². The van der Waals surface area contributed by atoms with Crippen molar-refractivity contribution in [3.8, 4) is 0 Å². The Hall–Kier alpha value is -1.11. The number of halogens is 3. The van der Waals surface area contributed by atoms with Crippen LogP contribution in [0.2, 0.25) is 0 Å². The minimum absolute atomic E-state index is 0.207. The number of hydrogen-bond donors (Lipinski definition) is 2. The van der Waals surface area contributed by atoms with Crippen LogP contribution < -0.4 is 5.32 Å². The molecule has 0 spiro atoms. The van der Waals surface area contributed by atoms with Crippen molar-refractivity contribution in [2.75, 3.05) is 19.8 Å². The summed E-state index contributed by atoms with van der Waals surface area (Å²) in [4.78, 5) is 0. The maximum absolute atomic E-state index is 12.7. The topological polar surface area (TPSA) is 41.5 Å². The Balaban J connectivity index is 1.83. The third-order valence-electron chi connectivity index (χ3n) is 4.29. The van der Waals surface area contributed by atoms with Crippen LogP contribution in [0.4, 0.5) is 13.2 Å². The van der Waals surface area contributed by atoms with E-state index in [2.05, 4.69) is 5.32 Å². The van der Waals surface area contributed by atoms with Crippen LogP contribution in [0.1, 0.15) is 43.4 Å². The average molecular weight is 331 g/mol. The maximum atomic E-state index is 12.7. The quantitative estimate of drug-likeness (QED) is 0.838. The van der Waals surface area contributed by atoms with Crippen LogP contribution in [0.15, 0.2) is 24.3 Å². The summed E-state index contributed by atoms with van der Waals surface area (Å²) >= 11 is 0. The molecule has 1 aromatic carbocycles. The van der Waals surface area contributed by atoms with Gasteiger partial charge in [-0.05, 0) is 49.8 Å². The summed E-state index contributed by atoms with van der Waals surface area (Å²) in [5, 5.41) is 13.3. The lowest BCUT2D eigenvalue weighted by Crippen LogP contribution is -2.33. The summed E-state index contributed by atoms with van der Waals surface area (Å²) in [5.74, 6) is 0.608. The molecule has 0 radical (unpaired) electrons. The molecular formula is C17H24F3NO2. The Bertz CT molecular complexity index is 487. The molecule has 0 saturated carbocycles. The monoisotopic (exact) mass is 331 g/mol. The summed E-state index contributed by atoms with van der Waals surface area (Å²) in [6, 6.07) is 5.07. The Morgan fingerprint density at radius 1 is 1.30 bits per heavy atom. The summed E-state index contributed by atoms with van der Waals surface area (Å²) in [6.07, 6.45) is -2.27. The second-order valence-electron chi connectivity index (χ2n) is 6.24. The molecule has 0 aliphatic carbocycles. The zero-order valence-electron chi connectivity index (χ0n) is 13.3. The molecule has 0 aromatic heterocycles. The third-order valence-corrected chi connectivity index (χ3v) is 4.29. The third kappa shape index (κ3) is 5.79. The van der Waals surface area contributed by atoms with Crippen LogP contribution in [0, 0.1) is 5.92 Å². The molecule has 1 aliphatic rings. The number of nitrogens with one attached hydrogen (secondary N) is 1. The van der Waals surface area contributed by atoms with Crippen LogP contribution in [0.3, 0.4) is 0 Å². The Kier molecular flexibility index (Phi) is 6.44. The molecule has 2 N–H and O–H groups in total. The van der Waals surface area contributed by atoms with Crippen LogP contribution in [0.5, 0.6) is 0 Å². The predicted octanol–water partition coefficient (Wildman–Crippen LogP) is 3.53. The van der Waals surface area contributed by atoms with Crippen molar-refractivity contribution in [1.29, 1.82) is 0 Å². The van der Waals surface area contributed by atoms with Crippen molar-refractivity contribution in [1.82, 2.24) is 5.32 Å². The van der Waals surface area contributed by atoms with Gasteiger partial charge in [0.05, 0.1) is 11.7 Å². The van der Waals surface area contributed by atoms with Crippen molar-refractivity contribution in [2.24, 2.45) is 5.92 Å². The highest BCUT2D eigenvalue weighted by Gasteiger charge is 2.30. The molecule has 1 saturated heterocycles. The molecule has 6 heteroatoms. The lowest BCUT2D eigenvalue weighted by atomic mass is 9.93. The fraction of sp³-hybridized carbons (Fsp3) is 0.647. The van der Waals surface area contributed by atoms with Gasteiger partial charge in [0.25, 0.3) is 0 Å². The molecule has 1 aliphatic heterocycles. The van der Waals surface area contributed by atoms with E-state index in [1.807, 2.05) is 6.92 Å². The Morgan fingerprint density at radius 3 is 2.65 bits per heavy atom. The van der Waals surface area contributed by atoms with Crippen LogP contribution >= 0.6 is 0 Å². The molecule has 3 nitrogen and oxygen atoms in total. The van der Waals surface area contributed by atoms with E-state index in [4.69, 9.17) is 4.74 Å². The second-order valence-corrected chi connectivity index (χ2v) is 6.24. The van der Waals surface area contributed by atoms with Crippen molar-refractivity contribution < 1.29 is 23.0 Å². The Labute approximate surface area is 134 Å². The van der Waals surface area contributed by atoms with Gasteiger partial charge >= 0.3 is 6.18 Å². The van der Waals surface area contributed by atoms with Crippen LogP contribution in [-0.4, -0.2) is 30.9 Å². The maximum Gasteiger partial charge on any atom is 0.416 e. The van der Waals surface area contributed by atoms with E-state index < -0.39 is 17.8 Å². The molecule has 1 aromatic rings. The van der Waals surface area contributed by atoms with Gasteiger partial charge in [0.1, 0.15) is 0 Å². The molecule has 2 atom stereocenters. The van der Waals surface area contributed by atoms with Gasteiger partial charge in [-0.3, -0.25) is 0 Å². The van der Waals surface area contributed by atoms with Gasteiger partial charge in [0, 0.05) is 25.8 Å². The molecule has 1 fully saturated rings. The molecule has 23 heavy (non-hydrogen) atoms. The first-order valence-electron chi connectivity index (χ1n) is 8.02. The number of ether oxygens (including phenoxy) is 1. The number of rotatable bonds is 6. The predicted molar refractivity (Wildman–Crippen MR) is 82.0 cm³/mol. The highest BCUT2D eigenvalue weighted by Crippen LogP contribution is 2.30. The number of alkyl halides is 3. The molecule has 2 rings (SSSR count). The van der Waals surface area contributed by atoms with E-state index in [0.717, 1.165) is 44.6 Å². The number of aliphatic hydroxyl groups is 1. The van der Waals surface area contributed by atoms with Crippen molar-refractivity contribution >= 4 is 0 Å². The first-order valence-corrected chi connectivity index (χ1v) is 8.02. The second kappa shape index (κ2) is 8.13. The zero-order chi connectivity index (χ0) is 16.9. The number of benzene rings is 1. The van der Waals surface area contributed by atoms with E-state index >= 15 is 0 Å². The number of aliphatic hydroxyl groups excluding tert-OH is 1. The van der Waals surface area contributed by atoms with E-state index in [1.165, 1.54) is 12.1 Å². The van der Waals surface area contributed by atoms with Gasteiger partial charge in [-0.2, -0.15) is 13.2 Å². The van der Waals surface area contributed by atoms with Crippen molar-refractivity contribution in [3.63, 3.8) is 0 Å². The standard InChI is InChI=1S/C17H24F3NO2/c1-12(9-13-5-7-23-8-6-13)21-11-16(22)14-3-2-4-15(10-14)17(18,19)20/h2-4,10,12-13,16,21-22H,5-9,11H2,1H3. The van der Waals surface area contributed by atoms with Gasteiger partial charge < -0.3 is 15.2 Å². The first kappa shape index (κ1) is 18.2. The largest absolute Gasteiger partial charge is 0.416 e. The fourth-order valence-corrected chi connectivity index (χ4v) is 2.92. The minimum atomic E-state index is -4.39. The summed E-state index contributed by atoms with van der Waals surface area (Å²) < 4.78 is 43.4. The highest BCUT2D eigenvalue weighted by atomic mass is 19.4.